The first-order valence-corrected chi connectivity index (χ1v) is 7.53. The largest absolute Gasteiger partial charge is 0.481 e. The van der Waals surface area contributed by atoms with E-state index in [-0.39, 0.29) is 12.3 Å². The van der Waals surface area contributed by atoms with E-state index in [1.807, 2.05) is 18.2 Å². The number of aromatic nitrogens is 2. The Labute approximate surface area is 124 Å². The summed E-state index contributed by atoms with van der Waals surface area (Å²) in [4.78, 5) is 15.8. The van der Waals surface area contributed by atoms with Gasteiger partial charge in [-0.05, 0) is 18.4 Å². The summed E-state index contributed by atoms with van der Waals surface area (Å²) in [6.07, 6.45) is 2.89. The first kappa shape index (κ1) is 13.9. The van der Waals surface area contributed by atoms with Gasteiger partial charge in [-0.3, -0.25) is 4.79 Å². The monoisotopic (exact) mass is 284 g/mol. The minimum Gasteiger partial charge on any atom is -0.481 e. The van der Waals surface area contributed by atoms with Crippen LogP contribution in [-0.4, -0.2) is 20.6 Å². The Hall–Kier alpha value is -2.10. The number of nitrogens with zero attached hydrogens (tertiary/aromatic N) is 2. The zero-order valence-corrected chi connectivity index (χ0v) is 12.2. The molecule has 0 aliphatic heterocycles. The maximum absolute atomic E-state index is 11.1. The molecular weight excluding hydrogens is 264 g/mol. The average molecular weight is 284 g/mol. The highest BCUT2D eigenvalue weighted by Gasteiger charge is 2.31. The molecule has 3 rings (SSSR count). The van der Waals surface area contributed by atoms with Crippen molar-refractivity contribution in [3.63, 3.8) is 0 Å². The van der Waals surface area contributed by atoms with Crippen LogP contribution in [0.25, 0.3) is 0 Å². The zero-order valence-electron chi connectivity index (χ0n) is 12.2. The summed E-state index contributed by atoms with van der Waals surface area (Å²) < 4.78 is 2.24. The van der Waals surface area contributed by atoms with Crippen LogP contribution in [-0.2, 0) is 24.2 Å². The number of hydrogen-bond donors (Lipinski definition) is 1. The molecule has 1 aromatic heterocycles. The Kier molecular flexibility index (Phi) is 3.78. The van der Waals surface area contributed by atoms with Crippen molar-refractivity contribution in [2.24, 2.45) is 0 Å². The Bertz CT molecular complexity index is 646. The van der Waals surface area contributed by atoms with E-state index >= 15 is 0 Å². The molecule has 4 heteroatoms. The van der Waals surface area contributed by atoms with Crippen molar-refractivity contribution < 1.29 is 9.90 Å². The van der Waals surface area contributed by atoms with Crippen LogP contribution in [0.15, 0.2) is 30.3 Å². The SMILES string of the molecule is CCc1nc2c(n1Cc1ccccc1)C(CC(=O)O)CC2. The topological polar surface area (TPSA) is 55.1 Å². The van der Waals surface area contributed by atoms with Crippen LogP contribution in [0.3, 0.4) is 0 Å². The smallest absolute Gasteiger partial charge is 0.304 e. The van der Waals surface area contributed by atoms with Gasteiger partial charge in [0.25, 0.3) is 0 Å². The van der Waals surface area contributed by atoms with Crippen molar-refractivity contribution in [1.82, 2.24) is 9.55 Å². The van der Waals surface area contributed by atoms with Gasteiger partial charge in [-0.15, -0.1) is 0 Å². The van der Waals surface area contributed by atoms with E-state index < -0.39 is 5.97 Å². The third kappa shape index (κ3) is 2.71. The predicted molar refractivity (Wildman–Crippen MR) is 80.5 cm³/mol. The van der Waals surface area contributed by atoms with Gasteiger partial charge in [0.05, 0.1) is 12.1 Å². The summed E-state index contributed by atoms with van der Waals surface area (Å²) in [6, 6.07) is 10.3. The molecule has 1 unspecified atom stereocenters. The third-order valence-corrected chi connectivity index (χ3v) is 4.20. The quantitative estimate of drug-likeness (QED) is 0.918. The predicted octanol–water partition coefficient (Wildman–Crippen LogP) is 3.00. The van der Waals surface area contributed by atoms with E-state index in [1.165, 1.54) is 5.56 Å². The maximum Gasteiger partial charge on any atom is 0.304 e. The van der Waals surface area contributed by atoms with E-state index in [1.54, 1.807) is 0 Å². The number of carbonyl (C=O) groups is 1. The van der Waals surface area contributed by atoms with Gasteiger partial charge in [0.2, 0.25) is 0 Å². The number of carboxylic acid groups (broad SMARTS) is 1. The van der Waals surface area contributed by atoms with Crippen LogP contribution >= 0.6 is 0 Å². The van der Waals surface area contributed by atoms with Crippen LogP contribution in [0.2, 0.25) is 0 Å². The second-order valence-electron chi connectivity index (χ2n) is 5.62. The highest BCUT2D eigenvalue weighted by atomic mass is 16.4. The molecule has 1 aliphatic rings. The third-order valence-electron chi connectivity index (χ3n) is 4.20. The number of rotatable bonds is 5. The van der Waals surface area contributed by atoms with Gasteiger partial charge in [-0.25, -0.2) is 4.98 Å². The molecule has 4 nitrogen and oxygen atoms in total. The summed E-state index contributed by atoms with van der Waals surface area (Å²) in [6.45, 7) is 2.88. The van der Waals surface area contributed by atoms with Crippen LogP contribution in [0.1, 0.15) is 48.5 Å². The van der Waals surface area contributed by atoms with E-state index in [0.29, 0.717) is 0 Å². The van der Waals surface area contributed by atoms with Crippen molar-refractivity contribution in [1.29, 1.82) is 0 Å². The van der Waals surface area contributed by atoms with E-state index in [9.17, 15) is 4.79 Å². The molecule has 21 heavy (non-hydrogen) atoms. The number of fused-ring (bicyclic) bond motifs is 1. The van der Waals surface area contributed by atoms with Crippen molar-refractivity contribution >= 4 is 5.97 Å². The highest BCUT2D eigenvalue weighted by Crippen LogP contribution is 2.36. The average Bonchev–Trinajstić information content (AvgIpc) is 3.01. The number of imidazole rings is 1. The molecular formula is C17H20N2O2. The lowest BCUT2D eigenvalue weighted by molar-refractivity contribution is -0.137. The standard InChI is InChI=1S/C17H20N2O2/c1-2-15-18-14-9-8-13(10-16(20)21)17(14)19(15)11-12-6-4-3-5-7-12/h3-7,13H,2,8-11H2,1H3,(H,20,21). The Balaban J connectivity index is 1.97. The Morgan fingerprint density at radius 1 is 1.38 bits per heavy atom. The lowest BCUT2D eigenvalue weighted by Crippen LogP contribution is -2.12. The molecule has 1 heterocycles. The molecule has 0 saturated heterocycles. The molecule has 1 atom stereocenters. The van der Waals surface area contributed by atoms with E-state index in [2.05, 4.69) is 23.6 Å². The molecule has 0 fully saturated rings. The van der Waals surface area contributed by atoms with Gasteiger partial charge in [0.1, 0.15) is 5.82 Å². The Morgan fingerprint density at radius 3 is 2.81 bits per heavy atom. The second kappa shape index (κ2) is 5.72. The number of aryl methyl sites for hydroxylation is 2. The molecule has 1 aromatic carbocycles. The highest BCUT2D eigenvalue weighted by molar-refractivity contribution is 5.68. The fraction of sp³-hybridized carbons (Fsp3) is 0.412. The minimum atomic E-state index is -0.724. The van der Waals surface area contributed by atoms with Crippen molar-refractivity contribution in [2.45, 2.75) is 45.1 Å². The van der Waals surface area contributed by atoms with Gasteiger partial charge < -0.3 is 9.67 Å². The molecule has 0 saturated carbocycles. The van der Waals surface area contributed by atoms with Gasteiger partial charge in [0, 0.05) is 24.6 Å². The fourth-order valence-corrected chi connectivity index (χ4v) is 3.28. The summed E-state index contributed by atoms with van der Waals surface area (Å²) in [5.41, 5.74) is 3.49. The molecule has 0 radical (unpaired) electrons. The molecule has 1 N–H and O–H groups in total. The van der Waals surface area contributed by atoms with Gasteiger partial charge in [-0.1, -0.05) is 37.3 Å². The first-order valence-electron chi connectivity index (χ1n) is 7.53. The van der Waals surface area contributed by atoms with Crippen LogP contribution in [0.5, 0.6) is 0 Å². The maximum atomic E-state index is 11.1. The molecule has 0 spiro atoms. The summed E-state index contributed by atoms with van der Waals surface area (Å²) >= 11 is 0. The van der Waals surface area contributed by atoms with E-state index in [4.69, 9.17) is 10.1 Å². The first-order chi connectivity index (χ1) is 10.2. The minimum absolute atomic E-state index is 0.106. The number of benzene rings is 1. The lowest BCUT2D eigenvalue weighted by Gasteiger charge is -2.15. The molecule has 0 amide bonds. The van der Waals surface area contributed by atoms with Gasteiger partial charge >= 0.3 is 5.97 Å². The number of carboxylic acids is 1. The molecule has 110 valence electrons. The van der Waals surface area contributed by atoms with Crippen molar-refractivity contribution in [3.05, 3.63) is 53.1 Å². The molecule has 0 bridgehead atoms. The van der Waals surface area contributed by atoms with Crippen LogP contribution < -0.4 is 0 Å². The van der Waals surface area contributed by atoms with Crippen LogP contribution in [0.4, 0.5) is 0 Å². The molecule has 1 aliphatic carbocycles. The zero-order chi connectivity index (χ0) is 14.8. The second-order valence-corrected chi connectivity index (χ2v) is 5.62. The number of hydrogen-bond acceptors (Lipinski definition) is 2. The fourth-order valence-electron chi connectivity index (χ4n) is 3.28. The van der Waals surface area contributed by atoms with Crippen molar-refractivity contribution in [3.8, 4) is 0 Å². The summed E-state index contributed by atoms with van der Waals surface area (Å²) in [5.74, 6) is 0.450. The van der Waals surface area contributed by atoms with Crippen molar-refractivity contribution in [2.75, 3.05) is 0 Å². The lowest BCUT2D eigenvalue weighted by atomic mass is 10.0. The van der Waals surface area contributed by atoms with Crippen LogP contribution in [0, 0.1) is 0 Å². The molecule has 2 aromatic rings. The van der Waals surface area contributed by atoms with E-state index in [0.717, 1.165) is 43.0 Å². The summed E-state index contributed by atoms with van der Waals surface area (Å²) in [5, 5.41) is 9.11. The Morgan fingerprint density at radius 2 is 2.14 bits per heavy atom. The number of aliphatic carboxylic acids is 1. The van der Waals surface area contributed by atoms with Gasteiger partial charge in [0.15, 0.2) is 0 Å². The normalized spacial score (nSPS) is 16.9. The summed E-state index contributed by atoms with van der Waals surface area (Å²) in [7, 11) is 0. The van der Waals surface area contributed by atoms with Gasteiger partial charge in [-0.2, -0.15) is 0 Å².